The maximum absolute atomic E-state index is 5.37. The fraction of sp³-hybridized carbons (Fsp3) is 1.00. The van der Waals surface area contributed by atoms with Crippen LogP contribution in [0.2, 0.25) is 5.79 Å². The largest absolute Gasteiger partial charge is 0.671 e. The van der Waals surface area contributed by atoms with Gasteiger partial charge in [0, 0.05) is 27.4 Å². The Kier molecular flexibility index (Phi) is 9.75. The number of rotatable bonds is 8. The smallest absolute Gasteiger partial charge is 0.477 e. The Morgan fingerprint density at radius 2 is 1.25 bits per heavy atom. The highest BCUT2D eigenvalue weighted by Crippen LogP contribution is 1.88. The van der Waals surface area contributed by atoms with Crippen LogP contribution < -0.4 is 0 Å². The highest BCUT2D eigenvalue weighted by molar-refractivity contribution is 6.42. The van der Waals surface area contributed by atoms with Crippen molar-refractivity contribution in [2.75, 3.05) is 40.6 Å². The zero-order chi connectivity index (χ0) is 9.23. The van der Waals surface area contributed by atoms with Crippen LogP contribution in [-0.4, -0.2) is 55.5 Å². The molecule has 0 fully saturated rings. The highest BCUT2D eigenvalue weighted by Gasteiger charge is 2.15. The Balaban J connectivity index is 3.04. The summed E-state index contributed by atoms with van der Waals surface area (Å²) in [4.78, 5) is 0. The van der Waals surface area contributed by atoms with Crippen LogP contribution in [0.4, 0.5) is 0 Å². The van der Waals surface area contributed by atoms with E-state index in [0.717, 1.165) is 0 Å². The molecular weight excluding hydrogens is 175 g/mol. The second kappa shape index (κ2) is 9.46. The quantitative estimate of drug-likeness (QED) is 0.413. The average molecular weight is 192 g/mol. The summed E-state index contributed by atoms with van der Waals surface area (Å²) in [6, 6.07) is 0. The molecule has 72 valence electrons. The normalized spacial score (nSPS) is 10.2. The van der Waals surface area contributed by atoms with Crippen molar-refractivity contribution in [2.24, 2.45) is 0 Å². The molecule has 0 aromatic carbocycles. The minimum Gasteiger partial charge on any atom is -0.477 e. The summed E-state index contributed by atoms with van der Waals surface area (Å²) >= 11 is -1.43. The van der Waals surface area contributed by atoms with E-state index in [1.807, 2.05) is 5.79 Å². The van der Waals surface area contributed by atoms with Crippen LogP contribution in [0, 0.1) is 0 Å². The summed E-state index contributed by atoms with van der Waals surface area (Å²) in [5.41, 5.74) is 0. The van der Waals surface area contributed by atoms with Gasteiger partial charge in [0.25, 0.3) is 0 Å². The molecule has 0 aliphatic heterocycles. The highest BCUT2D eigenvalue weighted by atomic mass is 27.2. The third-order valence-corrected chi connectivity index (χ3v) is 2.69. The van der Waals surface area contributed by atoms with Gasteiger partial charge in [0.1, 0.15) is 0 Å². The molecule has 5 heteroatoms. The van der Waals surface area contributed by atoms with Crippen molar-refractivity contribution < 1.29 is 17.1 Å². The topological polar surface area (TPSA) is 36.9 Å². The molecule has 0 spiro atoms. The lowest BCUT2D eigenvalue weighted by atomic mass is 10.8. The number of ether oxygens (including phenoxy) is 2. The van der Waals surface area contributed by atoms with Gasteiger partial charge in [0.2, 0.25) is 0 Å². The van der Waals surface area contributed by atoms with Gasteiger partial charge in [-0.15, -0.1) is 0 Å². The van der Waals surface area contributed by atoms with Gasteiger partial charge in [-0.05, 0) is 0 Å². The van der Waals surface area contributed by atoms with Gasteiger partial charge in [-0.3, -0.25) is 0 Å². The summed E-state index contributed by atoms with van der Waals surface area (Å²) in [6.07, 6.45) is 0. The number of hydrogen-bond donors (Lipinski definition) is 0. The predicted molar refractivity (Wildman–Crippen MR) is 47.3 cm³/mol. The molecule has 0 bridgehead atoms. The van der Waals surface area contributed by atoms with E-state index in [2.05, 4.69) is 0 Å². The van der Waals surface area contributed by atoms with Gasteiger partial charge in [-0.2, -0.15) is 0 Å². The van der Waals surface area contributed by atoms with Gasteiger partial charge in [0.05, 0.1) is 13.2 Å². The van der Waals surface area contributed by atoms with E-state index in [1.165, 1.54) is 0 Å². The Morgan fingerprint density at radius 1 is 0.833 bits per heavy atom. The predicted octanol–water partition coefficient (Wildman–Crippen LogP) is 0.430. The van der Waals surface area contributed by atoms with Gasteiger partial charge in [-0.1, -0.05) is 5.79 Å². The summed E-state index contributed by atoms with van der Waals surface area (Å²) < 4.78 is 20.4. The van der Waals surface area contributed by atoms with Crippen LogP contribution in [0.5, 0.6) is 0 Å². The second-order valence-electron chi connectivity index (χ2n) is 2.29. The van der Waals surface area contributed by atoms with Crippen LogP contribution in [0.3, 0.4) is 0 Å². The monoisotopic (exact) mass is 192 g/mol. The second-order valence-corrected chi connectivity index (χ2v) is 4.10. The van der Waals surface area contributed by atoms with Crippen molar-refractivity contribution in [1.29, 1.82) is 0 Å². The average Bonchev–Trinajstić information content (AvgIpc) is 2.06. The molecular formula is C7H17AlO4. The van der Waals surface area contributed by atoms with E-state index in [1.54, 1.807) is 14.2 Å². The number of methoxy groups -OCH3 is 2. The summed E-state index contributed by atoms with van der Waals surface area (Å²) in [6.45, 7) is 2.50. The molecule has 0 atom stereocenters. The van der Waals surface area contributed by atoms with E-state index in [-0.39, 0.29) is 0 Å². The zero-order valence-electron chi connectivity index (χ0n) is 8.04. The lowest BCUT2D eigenvalue weighted by Crippen LogP contribution is -2.22. The molecule has 0 saturated carbocycles. The van der Waals surface area contributed by atoms with Gasteiger partial charge in [-0.25, -0.2) is 0 Å². The third-order valence-electron chi connectivity index (χ3n) is 1.28. The first-order chi connectivity index (χ1) is 5.81. The lowest BCUT2D eigenvalue weighted by Gasteiger charge is -2.08. The first-order valence-corrected chi connectivity index (χ1v) is 6.12. The minimum absolute atomic E-state index is 0.622. The fourth-order valence-electron chi connectivity index (χ4n) is 0.643. The van der Waals surface area contributed by atoms with Crippen LogP contribution in [-0.2, 0) is 17.1 Å². The summed E-state index contributed by atoms with van der Waals surface area (Å²) in [7, 11) is 3.31. The molecule has 4 nitrogen and oxygen atoms in total. The number of hydrogen-bond acceptors (Lipinski definition) is 4. The zero-order valence-corrected chi connectivity index (χ0v) is 9.19. The molecule has 0 amide bonds. The lowest BCUT2D eigenvalue weighted by molar-refractivity contribution is 0.102. The maximum Gasteiger partial charge on any atom is 0.671 e. The van der Waals surface area contributed by atoms with Crippen LogP contribution >= 0.6 is 0 Å². The van der Waals surface area contributed by atoms with Crippen molar-refractivity contribution in [3.05, 3.63) is 0 Å². The first kappa shape index (κ1) is 12.4. The Morgan fingerprint density at radius 3 is 1.58 bits per heavy atom. The molecule has 0 aromatic heterocycles. The SMILES string of the molecule is COCC[O][Al]([CH3])[O]CCOC. The summed E-state index contributed by atoms with van der Waals surface area (Å²) in [5.74, 6) is 1.99. The van der Waals surface area contributed by atoms with Gasteiger partial charge in [0.15, 0.2) is 0 Å². The van der Waals surface area contributed by atoms with Crippen molar-refractivity contribution in [3.8, 4) is 0 Å². The van der Waals surface area contributed by atoms with Crippen LogP contribution in [0.1, 0.15) is 0 Å². The van der Waals surface area contributed by atoms with Gasteiger partial charge >= 0.3 is 14.8 Å². The van der Waals surface area contributed by atoms with Gasteiger partial charge < -0.3 is 17.1 Å². The van der Waals surface area contributed by atoms with Crippen molar-refractivity contribution in [1.82, 2.24) is 0 Å². The van der Waals surface area contributed by atoms with Crippen molar-refractivity contribution in [3.63, 3.8) is 0 Å². The van der Waals surface area contributed by atoms with E-state index >= 15 is 0 Å². The molecule has 0 N–H and O–H groups in total. The molecule has 0 aromatic rings. The molecule has 0 aliphatic carbocycles. The molecule has 0 rings (SSSR count). The van der Waals surface area contributed by atoms with E-state index in [0.29, 0.717) is 26.4 Å². The first-order valence-electron chi connectivity index (χ1n) is 4.02. The summed E-state index contributed by atoms with van der Waals surface area (Å²) in [5, 5.41) is 0. The van der Waals surface area contributed by atoms with E-state index < -0.39 is 14.8 Å². The molecule has 0 aliphatic rings. The molecule has 0 unspecified atom stereocenters. The standard InChI is InChI=1S/2C3H7O2.CH3.Al/c2*1-5-3-2-4;;/h2*2-3H2,1H3;1H3;/q2*-1;;+2. The Hall–Kier alpha value is 0.372. The van der Waals surface area contributed by atoms with Crippen LogP contribution in [0.25, 0.3) is 0 Å². The third kappa shape index (κ3) is 8.47. The van der Waals surface area contributed by atoms with Crippen molar-refractivity contribution in [2.45, 2.75) is 5.79 Å². The molecule has 12 heavy (non-hydrogen) atoms. The van der Waals surface area contributed by atoms with E-state index in [4.69, 9.17) is 17.1 Å². The van der Waals surface area contributed by atoms with E-state index in [9.17, 15) is 0 Å². The molecule has 0 heterocycles. The van der Waals surface area contributed by atoms with Crippen LogP contribution in [0.15, 0.2) is 0 Å². The molecule has 0 saturated heterocycles. The maximum atomic E-state index is 5.37. The Labute approximate surface area is 78.8 Å². The molecule has 0 radical (unpaired) electrons. The minimum atomic E-state index is -1.43. The Bertz CT molecular complexity index is 81.5. The fourth-order valence-corrected chi connectivity index (χ4v) is 1.60. The van der Waals surface area contributed by atoms with Crippen molar-refractivity contribution >= 4 is 14.8 Å².